The molecule has 0 spiro atoms. The Kier molecular flexibility index (Phi) is 5.81. The lowest BCUT2D eigenvalue weighted by molar-refractivity contribution is 0.120. The van der Waals surface area contributed by atoms with Gasteiger partial charge in [0, 0.05) is 37.6 Å². The van der Waals surface area contributed by atoms with E-state index in [1.807, 2.05) is 24.8 Å². The SMILES string of the molecule is c1ccc(-c2nc(C(NCCCn3ccnc3)C3CC3)oc2N2CCOCC2)cc1. The number of ether oxygens (including phenoxy) is 1. The summed E-state index contributed by atoms with van der Waals surface area (Å²) in [4.78, 5) is 11.4. The fraction of sp³-hybridized carbons (Fsp3) is 0.478. The Morgan fingerprint density at radius 2 is 1.97 bits per heavy atom. The molecule has 1 saturated heterocycles. The van der Waals surface area contributed by atoms with Crippen LogP contribution in [0.3, 0.4) is 0 Å². The maximum Gasteiger partial charge on any atom is 0.224 e. The number of nitrogens with one attached hydrogen (secondary N) is 1. The smallest absolute Gasteiger partial charge is 0.224 e. The highest BCUT2D eigenvalue weighted by molar-refractivity contribution is 5.71. The largest absolute Gasteiger partial charge is 0.423 e. The molecule has 1 aromatic carbocycles. The van der Waals surface area contributed by atoms with Crippen LogP contribution in [-0.2, 0) is 11.3 Å². The Hall–Kier alpha value is -2.64. The van der Waals surface area contributed by atoms with E-state index in [-0.39, 0.29) is 6.04 Å². The van der Waals surface area contributed by atoms with E-state index in [0.717, 1.165) is 68.8 Å². The molecule has 158 valence electrons. The van der Waals surface area contributed by atoms with Gasteiger partial charge in [0.2, 0.25) is 11.8 Å². The lowest BCUT2D eigenvalue weighted by Crippen LogP contribution is -2.36. The van der Waals surface area contributed by atoms with Gasteiger partial charge in [-0.15, -0.1) is 0 Å². The lowest BCUT2D eigenvalue weighted by atomic mass is 10.1. The van der Waals surface area contributed by atoms with Crippen LogP contribution in [0.15, 0.2) is 53.5 Å². The van der Waals surface area contributed by atoms with Crippen LogP contribution in [0.2, 0.25) is 0 Å². The third kappa shape index (κ3) is 4.42. The molecular weight excluding hydrogens is 378 g/mol. The van der Waals surface area contributed by atoms with Gasteiger partial charge < -0.3 is 23.9 Å². The van der Waals surface area contributed by atoms with E-state index in [1.54, 1.807) is 0 Å². The second kappa shape index (κ2) is 9.02. The van der Waals surface area contributed by atoms with E-state index < -0.39 is 0 Å². The summed E-state index contributed by atoms with van der Waals surface area (Å²) in [6, 6.07) is 10.5. The number of aromatic nitrogens is 3. The van der Waals surface area contributed by atoms with Crippen molar-refractivity contribution < 1.29 is 9.15 Å². The van der Waals surface area contributed by atoms with Crippen molar-refractivity contribution >= 4 is 5.88 Å². The Morgan fingerprint density at radius 1 is 1.13 bits per heavy atom. The van der Waals surface area contributed by atoms with Crippen LogP contribution in [0.4, 0.5) is 5.88 Å². The van der Waals surface area contributed by atoms with E-state index in [1.165, 1.54) is 12.8 Å². The molecule has 7 nitrogen and oxygen atoms in total. The predicted molar refractivity (Wildman–Crippen MR) is 115 cm³/mol. The summed E-state index contributed by atoms with van der Waals surface area (Å²) in [5.41, 5.74) is 2.04. The highest BCUT2D eigenvalue weighted by Crippen LogP contribution is 2.43. The monoisotopic (exact) mass is 407 g/mol. The van der Waals surface area contributed by atoms with Crippen molar-refractivity contribution in [3.8, 4) is 11.3 Å². The number of morpholine rings is 1. The maximum absolute atomic E-state index is 6.46. The van der Waals surface area contributed by atoms with Crippen molar-refractivity contribution in [1.29, 1.82) is 0 Å². The molecule has 3 heterocycles. The summed E-state index contributed by atoms with van der Waals surface area (Å²) in [7, 11) is 0. The maximum atomic E-state index is 6.46. The van der Waals surface area contributed by atoms with Crippen molar-refractivity contribution in [2.75, 3.05) is 37.7 Å². The first-order valence-corrected chi connectivity index (χ1v) is 11.0. The first-order valence-electron chi connectivity index (χ1n) is 11.0. The van der Waals surface area contributed by atoms with Gasteiger partial charge in [0.1, 0.15) is 5.69 Å². The van der Waals surface area contributed by atoms with Crippen LogP contribution in [0.5, 0.6) is 0 Å². The Morgan fingerprint density at radius 3 is 2.70 bits per heavy atom. The third-order valence-electron chi connectivity index (χ3n) is 5.85. The molecule has 3 aromatic rings. The second-order valence-electron chi connectivity index (χ2n) is 8.09. The average Bonchev–Trinajstić information content (AvgIpc) is 3.32. The van der Waals surface area contributed by atoms with Gasteiger partial charge in [0.15, 0.2) is 0 Å². The minimum absolute atomic E-state index is 0.171. The van der Waals surface area contributed by atoms with Gasteiger partial charge in [-0.2, -0.15) is 0 Å². The molecule has 2 aliphatic rings. The molecule has 7 heteroatoms. The molecule has 2 fully saturated rings. The van der Waals surface area contributed by atoms with Crippen molar-refractivity contribution in [2.24, 2.45) is 5.92 Å². The highest BCUT2D eigenvalue weighted by Gasteiger charge is 2.36. The Labute approximate surface area is 177 Å². The second-order valence-corrected chi connectivity index (χ2v) is 8.09. The van der Waals surface area contributed by atoms with Gasteiger partial charge in [-0.05, 0) is 31.7 Å². The van der Waals surface area contributed by atoms with Crippen LogP contribution < -0.4 is 10.2 Å². The number of rotatable bonds is 9. The Balaban J connectivity index is 1.35. The van der Waals surface area contributed by atoms with E-state index in [9.17, 15) is 0 Å². The molecule has 0 bridgehead atoms. The molecular formula is C23H29N5O2. The number of aryl methyl sites for hydroxylation is 1. The van der Waals surface area contributed by atoms with E-state index in [4.69, 9.17) is 14.1 Å². The summed E-state index contributed by atoms with van der Waals surface area (Å²) < 4.78 is 14.1. The molecule has 2 aromatic heterocycles. The fourth-order valence-corrected chi connectivity index (χ4v) is 4.05. The molecule has 30 heavy (non-hydrogen) atoms. The summed E-state index contributed by atoms with van der Waals surface area (Å²) in [6.07, 6.45) is 9.21. The normalized spacial score (nSPS) is 17.9. The molecule has 5 rings (SSSR count). The molecule has 1 saturated carbocycles. The summed E-state index contributed by atoms with van der Waals surface area (Å²) in [5, 5.41) is 3.72. The number of imidazole rings is 1. The van der Waals surface area contributed by atoms with Gasteiger partial charge >= 0.3 is 0 Å². The van der Waals surface area contributed by atoms with Crippen molar-refractivity contribution in [3.63, 3.8) is 0 Å². The number of hydrogen-bond acceptors (Lipinski definition) is 6. The van der Waals surface area contributed by atoms with Gasteiger partial charge in [0.05, 0.1) is 25.6 Å². The standard InChI is InChI=1S/C23H29N5O2/c1-2-5-18(6-3-1)21-23(28-13-15-29-16-14-28)30-22(26-21)20(19-7-8-19)25-9-4-11-27-12-10-24-17-27/h1-3,5-6,10,12,17,19-20,25H,4,7-9,11,13-16H2. The van der Waals surface area contributed by atoms with Crippen molar-refractivity contribution in [2.45, 2.75) is 31.8 Å². The van der Waals surface area contributed by atoms with Crippen LogP contribution in [0, 0.1) is 5.92 Å². The minimum Gasteiger partial charge on any atom is -0.423 e. The van der Waals surface area contributed by atoms with Crippen LogP contribution >= 0.6 is 0 Å². The number of nitrogens with zero attached hydrogens (tertiary/aromatic N) is 4. The molecule has 1 unspecified atom stereocenters. The first-order chi connectivity index (χ1) is 14.9. The van der Waals surface area contributed by atoms with E-state index in [0.29, 0.717) is 5.92 Å². The van der Waals surface area contributed by atoms with E-state index >= 15 is 0 Å². The highest BCUT2D eigenvalue weighted by atomic mass is 16.5. The molecule has 0 radical (unpaired) electrons. The Bertz CT molecular complexity index is 914. The average molecular weight is 408 g/mol. The van der Waals surface area contributed by atoms with Crippen LogP contribution in [0.25, 0.3) is 11.3 Å². The molecule has 0 amide bonds. The number of benzene rings is 1. The first kappa shape index (κ1) is 19.3. The third-order valence-corrected chi connectivity index (χ3v) is 5.85. The van der Waals surface area contributed by atoms with Gasteiger partial charge in [0.25, 0.3) is 0 Å². The number of hydrogen-bond donors (Lipinski definition) is 1. The molecule has 1 atom stereocenters. The minimum atomic E-state index is 0.171. The van der Waals surface area contributed by atoms with Crippen LogP contribution in [-0.4, -0.2) is 47.4 Å². The van der Waals surface area contributed by atoms with Gasteiger partial charge in [-0.25, -0.2) is 9.97 Å². The summed E-state index contributed by atoms with van der Waals surface area (Å²) in [6.45, 7) is 5.01. The zero-order valence-electron chi connectivity index (χ0n) is 17.2. The molecule has 1 aliphatic carbocycles. The van der Waals surface area contributed by atoms with Crippen molar-refractivity contribution in [1.82, 2.24) is 19.9 Å². The van der Waals surface area contributed by atoms with Crippen molar-refractivity contribution in [3.05, 3.63) is 54.9 Å². The topological polar surface area (TPSA) is 68.4 Å². The lowest BCUT2D eigenvalue weighted by Gasteiger charge is -2.27. The fourth-order valence-electron chi connectivity index (χ4n) is 4.05. The zero-order chi connectivity index (χ0) is 20.2. The predicted octanol–water partition coefficient (Wildman–Crippen LogP) is 3.51. The zero-order valence-corrected chi connectivity index (χ0v) is 17.2. The van der Waals surface area contributed by atoms with Gasteiger partial charge in [-0.1, -0.05) is 30.3 Å². The summed E-state index contributed by atoms with van der Waals surface area (Å²) >= 11 is 0. The quantitative estimate of drug-likeness (QED) is 0.548. The number of oxazole rings is 1. The number of anilines is 1. The molecule has 1 aliphatic heterocycles. The molecule has 1 N–H and O–H groups in total. The van der Waals surface area contributed by atoms with Gasteiger partial charge in [-0.3, -0.25) is 0 Å². The van der Waals surface area contributed by atoms with Crippen LogP contribution in [0.1, 0.15) is 31.2 Å². The summed E-state index contributed by atoms with van der Waals surface area (Å²) in [5.74, 6) is 2.31. The van der Waals surface area contributed by atoms with E-state index in [2.05, 4.69) is 44.0 Å².